The monoisotopic (exact) mass is 285 g/mol. The molecule has 1 rings (SSSR count). The van der Waals surface area contributed by atoms with Crippen LogP contribution < -0.4 is 4.74 Å². The van der Waals surface area contributed by atoms with Crippen molar-refractivity contribution in [1.29, 1.82) is 0 Å². The highest BCUT2D eigenvalue weighted by atomic mass is 35.5. The number of ether oxygens (including phenoxy) is 1. The Morgan fingerprint density at radius 1 is 1.42 bits per heavy atom. The molecule has 0 saturated carbocycles. The van der Waals surface area contributed by atoms with Crippen molar-refractivity contribution in [3.05, 3.63) is 28.8 Å². The second-order valence-corrected chi connectivity index (χ2v) is 4.38. The number of benzene rings is 1. The zero-order valence-corrected chi connectivity index (χ0v) is 11.6. The van der Waals surface area contributed by atoms with Gasteiger partial charge in [-0.15, -0.1) is 0 Å². The molecule has 0 aliphatic rings. The Hall–Kier alpha value is -1.75. The Morgan fingerprint density at radius 2 is 2.11 bits per heavy atom. The molecule has 1 aromatic rings. The molecular weight excluding hydrogens is 270 g/mol. The van der Waals surface area contributed by atoms with Crippen LogP contribution in [0.3, 0.4) is 0 Å². The van der Waals surface area contributed by atoms with E-state index >= 15 is 0 Å². The van der Waals surface area contributed by atoms with Gasteiger partial charge in [0.25, 0.3) is 5.91 Å². The largest absolute Gasteiger partial charge is 0.495 e. The van der Waals surface area contributed by atoms with Gasteiger partial charge in [-0.25, -0.2) is 0 Å². The summed E-state index contributed by atoms with van der Waals surface area (Å²) in [6.07, 6.45) is 0.684. The lowest BCUT2D eigenvalue weighted by atomic mass is 10.2. The highest BCUT2D eigenvalue weighted by Gasteiger charge is 2.18. The van der Waals surface area contributed by atoms with Gasteiger partial charge in [-0.2, -0.15) is 0 Å². The SMILES string of the molecule is CCCN(CC(=O)O)C(=O)c1ccc(Cl)c(OC)c1. The number of carbonyl (C=O) groups excluding carboxylic acids is 1. The topological polar surface area (TPSA) is 66.8 Å². The molecule has 1 amide bonds. The fourth-order valence-electron chi connectivity index (χ4n) is 1.66. The smallest absolute Gasteiger partial charge is 0.323 e. The second-order valence-electron chi connectivity index (χ2n) is 3.97. The maximum absolute atomic E-state index is 12.2. The highest BCUT2D eigenvalue weighted by Crippen LogP contribution is 2.25. The van der Waals surface area contributed by atoms with E-state index in [-0.39, 0.29) is 12.5 Å². The van der Waals surface area contributed by atoms with Crippen molar-refractivity contribution in [3.8, 4) is 5.75 Å². The molecular formula is C13H16ClNO4. The maximum atomic E-state index is 12.2. The highest BCUT2D eigenvalue weighted by molar-refractivity contribution is 6.32. The minimum Gasteiger partial charge on any atom is -0.495 e. The first-order chi connectivity index (χ1) is 8.99. The van der Waals surface area contributed by atoms with Crippen molar-refractivity contribution >= 4 is 23.5 Å². The molecule has 0 heterocycles. The third kappa shape index (κ3) is 4.13. The third-order valence-electron chi connectivity index (χ3n) is 2.50. The van der Waals surface area contributed by atoms with Crippen molar-refractivity contribution in [2.24, 2.45) is 0 Å². The average Bonchev–Trinajstić information content (AvgIpc) is 2.37. The molecule has 0 atom stereocenters. The van der Waals surface area contributed by atoms with Crippen LogP contribution in [0.5, 0.6) is 5.75 Å². The van der Waals surface area contributed by atoms with E-state index in [0.29, 0.717) is 29.3 Å². The van der Waals surface area contributed by atoms with Crippen LogP contribution in [0.2, 0.25) is 5.02 Å². The number of hydrogen-bond donors (Lipinski definition) is 1. The number of rotatable bonds is 6. The Labute approximate surface area is 116 Å². The lowest BCUT2D eigenvalue weighted by Crippen LogP contribution is -2.36. The number of aliphatic carboxylic acids is 1. The van der Waals surface area contributed by atoms with Gasteiger partial charge < -0.3 is 14.7 Å². The van der Waals surface area contributed by atoms with Crippen LogP contribution in [0.25, 0.3) is 0 Å². The summed E-state index contributed by atoms with van der Waals surface area (Å²) in [5.74, 6) is -0.999. The molecule has 0 aromatic heterocycles. The van der Waals surface area contributed by atoms with E-state index in [0.717, 1.165) is 0 Å². The fourth-order valence-corrected chi connectivity index (χ4v) is 1.86. The molecule has 0 bridgehead atoms. The lowest BCUT2D eigenvalue weighted by Gasteiger charge is -2.20. The number of methoxy groups -OCH3 is 1. The standard InChI is InChI=1S/C13H16ClNO4/c1-3-6-15(8-12(16)17)13(18)9-4-5-10(14)11(7-9)19-2/h4-5,7H,3,6,8H2,1-2H3,(H,16,17). The Morgan fingerprint density at radius 3 is 2.63 bits per heavy atom. The van der Waals surface area contributed by atoms with E-state index in [2.05, 4.69) is 0 Å². The summed E-state index contributed by atoms with van der Waals surface area (Å²) in [5.41, 5.74) is 0.357. The van der Waals surface area contributed by atoms with Crippen molar-refractivity contribution < 1.29 is 19.4 Å². The summed E-state index contributed by atoms with van der Waals surface area (Å²) in [7, 11) is 1.45. The minimum absolute atomic E-state index is 0.322. The summed E-state index contributed by atoms with van der Waals surface area (Å²) < 4.78 is 5.04. The van der Waals surface area contributed by atoms with Gasteiger partial charge in [0.05, 0.1) is 12.1 Å². The molecule has 0 aliphatic carbocycles. The van der Waals surface area contributed by atoms with Crippen molar-refractivity contribution in [2.45, 2.75) is 13.3 Å². The Bertz CT molecular complexity index is 476. The van der Waals surface area contributed by atoms with Gasteiger partial charge in [0.2, 0.25) is 0 Å². The number of hydrogen-bond acceptors (Lipinski definition) is 3. The van der Waals surface area contributed by atoms with Gasteiger partial charge in [0.15, 0.2) is 0 Å². The van der Waals surface area contributed by atoms with Gasteiger partial charge in [0, 0.05) is 12.1 Å². The molecule has 6 heteroatoms. The predicted octanol–water partition coefficient (Wildman–Crippen LogP) is 2.29. The Balaban J connectivity index is 2.98. The van der Waals surface area contributed by atoms with Gasteiger partial charge in [-0.1, -0.05) is 18.5 Å². The van der Waals surface area contributed by atoms with Crippen LogP contribution in [-0.4, -0.2) is 42.1 Å². The molecule has 0 fully saturated rings. The van der Waals surface area contributed by atoms with E-state index in [1.165, 1.54) is 18.1 Å². The molecule has 0 spiro atoms. The molecule has 5 nitrogen and oxygen atoms in total. The predicted molar refractivity (Wildman–Crippen MR) is 71.8 cm³/mol. The van der Waals surface area contributed by atoms with Gasteiger partial charge in [0.1, 0.15) is 12.3 Å². The van der Waals surface area contributed by atoms with Crippen molar-refractivity contribution in [3.63, 3.8) is 0 Å². The van der Waals surface area contributed by atoms with Gasteiger partial charge in [-0.3, -0.25) is 9.59 Å². The summed E-state index contributed by atoms with van der Waals surface area (Å²) in [4.78, 5) is 24.3. The quantitative estimate of drug-likeness (QED) is 0.871. The molecule has 0 saturated heterocycles. The molecule has 0 aliphatic heterocycles. The first-order valence-corrected chi connectivity index (χ1v) is 6.22. The fraction of sp³-hybridized carbons (Fsp3) is 0.385. The van der Waals surface area contributed by atoms with Crippen LogP contribution in [0, 0.1) is 0 Å². The zero-order chi connectivity index (χ0) is 14.4. The van der Waals surface area contributed by atoms with Crippen molar-refractivity contribution in [1.82, 2.24) is 4.90 Å². The normalized spacial score (nSPS) is 10.1. The van der Waals surface area contributed by atoms with E-state index in [1.807, 2.05) is 6.92 Å². The van der Waals surface area contributed by atoms with Crippen LogP contribution >= 0.6 is 11.6 Å². The van der Waals surface area contributed by atoms with Crippen LogP contribution in [0.15, 0.2) is 18.2 Å². The summed E-state index contributed by atoms with van der Waals surface area (Å²) in [6.45, 7) is 1.94. The van der Waals surface area contributed by atoms with Crippen molar-refractivity contribution in [2.75, 3.05) is 20.2 Å². The number of halogens is 1. The number of amides is 1. The summed E-state index contributed by atoms with van der Waals surface area (Å²) >= 11 is 5.88. The third-order valence-corrected chi connectivity index (χ3v) is 2.82. The molecule has 19 heavy (non-hydrogen) atoms. The van der Waals surface area contributed by atoms with Gasteiger partial charge >= 0.3 is 5.97 Å². The van der Waals surface area contributed by atoms with Gasteiger partial charge in [-0.05, 0) is 24.6 Å². The average molecular weight is 286 g/mol. The van der Waals surface area contributed by atoms with E-state index in [9.17, 15) is 9.59 Å². The molecule has 0 unspecified atom stereocenters. The van der Waals surface area contributed by atoms with E-state index < -0.39 is 5.97 Å². The first-order valence-electron chi connectivity index (χ1n) is 5.84. The Kier molecular flexibility index (Phi) is 5.63. The van der Waals surface area contributed by atoms with E-state index in [1.54, 1.807) is 12.1 Å². The number of carbonyl (C=O) groups is 2. The van der Waals surface area contributed by atoms with Crippen LogP contribution in [0.1, 0.15) is 23.7 Å². The number of nitrogens with zero attached hydrogens (tertiary/aromatic N) is 1. The lowest BCUT2D eigenvalue weighted by molar-refractivity contribution is -0.137. The van der Waals surface area contributed by atoms with E-state index in [4.69, 9.17) is 21.4 Å². The first kappa shape index (κ1) is 15.3. The molecule has 104 valence electrons. The summed E-state index contributed by atoms with van der Waals surface area (Å²) in [6, 6.07) is 4.62. The minimum atomic E-state index is -1.04. The molecule has 1 N–H and O–H groups in total. The van der Waals surface area contributed by atoms with Crippen LogP contribution in [-0.2, 0) is 4.79 Å². The molecule has 1 aromatic carbocycles. The number of carboxylic acids is 1. The number of carboxylic acid groups (broad SMARTS) is 1. The van der Waals surface area contributed by atoms with Crippen LogP contribution in [0.4, 0.5) is 0 Å². The summed E-state index contributed by atoms with van der Waals surface area (Å²) in [5, 5.41) is 9.21. The second kappa shape index (κ2) is 6.99. The molecule has 0 radical (unpaired) electrons. The zero-order valence-electron chi connectivity index (χ0n) is 10.9. The maximum Gasteiger partial charge on any atom is 0.323 e.